The molecule has 0 saturated heterocycles. The monoisotopic (exact) mass is 402 g/mol. The van der Waals surface area contributed by atoms with Crippen LogP contribution in [0.4, 0.5) is 11.4 Å². The van der Waals surface area contributed by atoms with Gasteiger partial charge in [0.05, 0.1) is 21.7 Å². The molecule has 1 aromatic heterocycles. The number of aromatic nitrogens is 2. The van der Waals surface area contributed by atoms with Gasteiger partial charge >= 0.3 is 0 Å². The van der Waals surface area contributed by atoms with Crippen LogP contribution in [0.25, 0.3) is 11.0 Å². The van der Waals surface area contributed by atoms with E-state index in [4.69, 9.17) is 11.6 Å². The van der Waals surface area contributed by atoms with Crippen LogP contribution in [-0.2, 0) is 11.3 Å². The fraction of sp³-hybridized carbons (Fsp3) is 0.111. The van der Waals surface area contributed by atoms with Crippen LogP contribution in [-0.4, -0.2) is 26.1 Å². The summed E-state index contributed by atoms with van der Waals surface area (Å²) in [7, 11) is 0. The van der Waals surface area contributed by atoms with Gasteiger partial charge in [0, 0.05) is 17.6 Å². The Kier molecular flexibility index (Phi) is 5.78. The van der Waals surface area contributed by atoms with Crippen molar-refractivity contribution in [1.29, 1.82) is 0 Å². The van der Waals surface area contributed by atoms with E-state index in [1.54, 1.807) is 6.08 Å². The summed E-state index contributed by atoms with van der Waals surface area (Å²) in [5.41, 5.74) is 1.64. The lowest BCUT2D eigenvalue weighted by Gasteiger charge is -2.07. The minimum Gasteiger partial charge on any atom is -0.320 e. The molecule has 0 radical (unpaired) electrons. The van der Waals surface area contributed by atoms with Gasteiger partial charge in [-0.3, -0.25) is 14.9 Å². The first kappa shape index (κ1) is 18.9. The second-order valence-electron chi connectivity index (χ2n) is 5.54. The smallest absolute Gasteiger partial charge is 0.294 e. The first-order valence-electron chi connectivity index (χ1n) is 7.92. The fourth-order valence-corrected chi connectivity index (χ4v) is 3.54. The average molecular weight is 403 g/mol. The van der Waals surface area contributed by atoms with Crippen molar-refractivity contribution in [3.05, 3.63) is 70.3 Å². The Balaban J connectivity index is 1.75. The lowest BCUT2D eigenvalue weighted by molar-refractivity contribution is -0.383. The first-order valence-corrected chi connectivity index (χ1v) is 9.28. The SMILES string of the molecule is C=CCn1c(SCC(=O)Nc2ccc(Cl)cc2[N+](=O)[O-])nc2ccccc21. The number of hydrogen-bond donors (Lipinski definition) is 1. The molecule has 7 nitrogen and oxygen atoms in total. The summed E-state index contributed by atoms with van der Waals surface area (Å²) < 4.78 is 1.96. The molecule has 1 amide bonds. The van der Waals surface area contributed by atoms with E-state index in [1.807, 2.05) is 28.8 Å². The summed E-state index contributed by atoms with van der Waals surface area (Å²) in [6.45, 7) is 4.32. The Labute approximate surface area is 164 Å². The molecule has 0 aliphatic rings. The van der Waals surface area contributed by atoms with Crippen molar-refractivity contribution in [2.75, 3.05) is 11.1 Å². The zero-order valence-electron chi connectivity index (χ0n) is 14.1. The molecule has 1 N–H and O–H groups in total. The van der Waals surface area contributed by atoms with Gasteiger partial charge < -0.3 is 9.88 Å². The number of fused-ring (bicyclic) bond motifs is 1. The van der Waals surface area contributed by atoms with Crippen molar-refractivity contribution in [1.82, 2.24) is 9.55 Å². The molecule has 138 valence electrons. The number of nitro groups is 1. The van der Waals surface area contributed by atoms with Gasteiger partial charge in [-0.15, -0.1) is 6.58 Å². The van der Waals surface area contributed by atoms with Crippen molar-refractivity contribution in [3.63, 3.8) is 0 Å². The molecule has 1 heterocycles. The van der Waals surface area contributed by atoms with Gasteiger partial charge in [0.25, 0.3) is 5.69 Å². The van der Waals surface area contributed by atoms with Crippen LogP contribution >= 0.6 is 23.4 Å². The zero-order chi connectivity index (χ0) is 19.4. The van der Waals surface area contributed by atoms with E-state index >= 15 is 0 Å². The minimum atomic E-state index is -0.585. The number of nitro benzene ring substituents is 1. The van der Waals surface area contributed by atoms with Gasteiger partial charge in [-0.2, -0.15) is 0 Å². The average Bonchev–Trinajstić information content (AvgIpc) is 2.99. The number of nitrogens with zero attached hydrogens (tertiary/aromatic N) is 3. The number of imidazole rings is 1. The van der Waals surface area contributed by atoms with Crippen molar-refractivity contribution in [2.45, 2.75) is 11.7 Å². The minimum absolute atomic E-state index is 0.0558. The number of thioether (sulfide) groups is 1. The van der Waals surface area contributed by atoms with Crippen LogP contribution in [0.15, 0.2) is 60.3 Å². The number of benzene rings is 2. The lowest BCUT2D eigenvalue weighted by Crippen LogP contribution is -2.15. The number of allylic oxidation sites excluding steroid dienone is 1. The third kappa shape index (κ3) is 4.29. The highest BCUT2D eigenvalue weighted by atomic mass is 35.5. The third-order valence-electron chi connectivity index (χ3n) is 3.69. The van der Waals surface area contributed by atoms with Crippen molar-refractivity contribution < 1.29 is 9.72 Å². The Bertz CT molecular complexity index is 1030. The number of rotatable bonds is 7. The molecule has 27 heavy (non-hydrogen) atoms. The molecular formula is C18H15ClN4O3S. The maximum Gasteiger partial charge on any atom is 0.294 e. The summed E-state index contributed by atoms with van der Waals surface area (Å²) in [6, 6.07) is 11.8. The van der Waals surface area contributed by atoms with E-state index in [9.17, 15) is 14.9 Å². The quantitative estimate of drug-likeness (QED) is 0.271. The fourth-order valence-electron chi connectivity index (χ4n) is 2.55. The predicted molar refractivity (Wildman–Crippen MR) is 107 cm³/mol. The van der Waals surface area contributed by atoms with Gasteiger partial charge in [-0.1, -0.05) is 41.6 Å². The largest absolute Gasteiger partial charge is 0.320 e. The molecule has 0 bridgehead atoms. The lowest BCUT2D eigenvalue weighted by atomic mass is 10.2. The van der Waals surface area contributed by atoms with Gasteiger partial charge in [-0.05, 0) is 24.3 Å². The molecule has 3 aromatic rings. The number of carbonyl (C=O) groups excluding carboxylic acids is 1. The van der Waals surface area contributed by atoms with Crippen LogP contribution in [0.3, 0.4) is 0 Å². The molecule has 0 aliphatic heterocycles. The summed E-state index contributed by atoms with van der Waals surface area (Å²) in [5, 5.41) is 14.6. The molecule has 0 fully saturated rings. The molecule has 0 unspecified atom stereocenters. The zero-order valence-corrected chi connectivity index (χ0v) is 15.7. The van der Waals surface area contributed by atoms with Crippen molar-refractivity contribution >= 4 is 51.7 Å². The highest BCUT2D eigenvalue weighted by Crippen LogP contribution is 2.29. The summed E-state index contributed by atoms with van der Waals surface area (Å²) in [6.07, 6.45) is 1.76. The number of amides is 1. The second-order valence-corrected chi connectivity index (χ2v) is 6.92. The van der Waals surface area contributed by atoms with Gasteiger partial charge in [0.15, 0.2) is 5.16 Å². The molecule has 0 saturated carbocycles. The Morgan fingerprint density at radius 1 is 1.37 bits per heavy atom. The predicted octanol–water partition coefficient (Wildman–Crippen LogP) is 4.51. The van der Waals surface area contributed by atoms with E-state index in [1.165, 1.54) is 30.0 Å². The van der Waals surface area contributed by atoms with Crippen LogP contribution in [0.1, 0.15) is 0 Å². The number of nitrogens with one attached hydrogen (secondary N) is 1. The Morgan fingerprint density at radius 3 is 2.89 bits per heavy atom. The number of carbonyl (C=O) groups is 1. The summed E-state index contributed by atoms with van der Waals surface area (Å²) >= 11 is 7.04. The van der Waals surface area contributed by atoms with Gasteiger partial charge in [-0.25, -0.2) is 4.98 Å². The number of hydrogen-bond acceptors (Lipinski definition) is 5. The topological polar surface area (TPSA) is 90.1 Å². The second kappa shape index (κ2) is 8.24. The van der Waals surface area contributed by atoms with E-state index < -0.39 is 4.92 Å². The number of para-hydroxylation sites is 2. The van der Waals surface area contributed by atoms with Crippen LogP contribution < -0.4 is 5.32 Å². The van der Waals surface area contributed by atoms with Crippen molar-refractivity contribution in [3.8, 4) is 0 Å². The number of anilines is 1. The van der Waals surface area contributed by atoms with E-state index in [0.29, 0.717) is 11.7 Å². The molecule has 2 aromatic carbocycles. The molecular weight excluding hydrogens is 388 g/mol. The highest BCUT2D eigenvalue weighted by molar-refractivity contribution is 7.99. The summed E-state index contributed by atoms with van der Waals surface area (Å²) in [5.74, 6) is -0.317. The van der Waals surface area contributed by atoms with Crippen LogP contribution in [0, 0.1) is 10.1 Å². The molecule has 0 atom stereocenters. The van der Waals surface area contributed by atoms with E-state index in [0.717, 1.165) is 11.0 Å². The maximum absolute atomic E-state index is 12.3. The number of halogens is 1. The van der Waals surface area contributed by atoms with Crippen LogP contribution in [0.5, 0.6) is 0 Å². The van der Waals surface area contributed by atoms with E-state index in [-0.39, 0.29) is 28.1 Å². The van der Waals surface area contributed by atoms with Gasteiger partial charge in [0.2, 0.25) is 5.91 Å². The standard InChI is InChI=1S/C18H15ClN4O3S/c1-2-9-22-15-6-4-3-5-13(15)21-18(22)27-11-17(24)20-14-8-7-12(19)10-16(14)23(25)26/h2-8,10H,1,9,11H2,(H,20,24). The molecule has 0 spiro atoms. The molecule has 9 heteroatoms. The maximum atomic E-state index is 12.3. The van der Waals surface area contributed by atoms with Gasteiger partial charge in [0.1, 0.15) is 5.69 Å². The van der Waals surface area contributed by atoms with E-state index in [2.05, 4.69) is 16.9 Å². The Hall–Kier alpha value is -2.84. The molecule has 0 aliphatic carbocycles. The van der Waals surface area contributed by atoms with Crippen LogP contribution in [0.2, 0.25) is 5.02 Å². The Morgan fingerprint density at radius 2 is 2.15 bits per heavy atom. The summed E-state index contributed by atoms with van der Waals surface area (Å²) in [4.78, 5) is 27.4. The first-order chi connectivity index (χ1) is 13.0. The van der Waals surface area contributed by atoms with Crippen molar-refractivity contribution in [2.24, 2.45) is 0 Å². The molecule has 3 rings (SSSR count). The highest BCUT2D eigenvalue weighted by Gasteiger charge is 2.17. The third-order valence-corrected chi connectivity index (χ3v) is 4.91. The normalized spacial score (nSPS) is 10.7.